The number of nitrogens with two attached hydrogens (primary N) is 1. The number of amides is 2. The summed E-state index contributed by atoms with van der Waals surface area (Å²) in [5, 5.41) is 6.81. The summed E-state index contributed by atoms with van der Waals surface area (Å²) in [6, 6.07) is 9.27. The fraction of sp³-hybridized carbons (Fsp3) is 0.333. The third-order valence-corrected chi connectivity index (χ3v) is 4.87. The van der Waals surface area contributed by atoms with Crippen molar-refractivity contribution in [2.24, 2.45) is 5.73 Å². The zero-order valence-electron chi connectivity index (χ0n) is 14.3. The van der Waals surface area contributed by atoms with Gasteiger partial charge in [0.1, 0.15) is 12.2 Å². The zero-order valence-corrected chi connectivity index (χ0v) is 14.3. The summed E-state index contributed by atoms with van der Waals surface area (Å²) in [6.45, 7) is 0.912. The number of aromatic amines is 1. The highest BCUT2D eigenvalue weighted by Crippen LogP contribution is 2.30. The largest absolute Gasteiger partial charge is 0.364 e. The number of carbonyl (C=O) groups excluding carboxylic acids is 2. The Morgan fingerprint density at radius 1 is 1.27 bits per heavy atom. The lowest BCUT2D eigenvalue weighted by atomic mass is 9.99. The number of H-pyrrole nitrogens is 1. The molecular weight excluding hydrogens is 332 g/mol. The lowest BCUT2D eigenvalue weighted by molar-refractivity contribution is -0.135. The number of likely N-dealkylation sites (tertiary alicyclic amines) is 1. The van der Waals surface area contributed by atoms with Gasteiger partial charge in [-0.15, -0.1) is 0 Å². The van der Waals surface area contributed by atoms with Crippen LogP contribution in [0.5, 0.6) is 0 Å². The van der Waals surface area contributed by atoms with Crippen molar-refractivity contribution >= 4 is 22.8 Å². The first-order valence-corrected chi connectivity index (χ1v) is 8.68. The first-order valence-electron chi connectivity index (χ1n) is 8.68. The van der Waals surface area contributed by atoms with Crippen LogP contribution in [0.15, 0.2) is 36.7 Å². The van der Waals surface area contributed by atoms with Crippen LogP contribution in [0.25, 0.3) is 11.0 Å². The number of imidazole rings is 1. The van der Waals surface area contributed by atoms with Gasteiger partial charge in [-0.3, -0.25) is 14.7 Å². The molecule has 8 heteroatoms. The van der Waals surface area contributed by atoms with Gasteiger partial charge in [0.15, 0.2) is 0 Å². The number of benzene rings is 1. The molecule has 3 heterocycles. The maximum absolute atomic E-state index is 13.0. The maximum Gasteiger partial charge on any atom is 0.269 e. The molecule has 0 radical (unpaired) electrons. The smallest absolute Gasteiger partial charge is 0.269 e. The minimum atomic E-state index is -0.578. The van der Waals surface area contributed by atoms with Gasteiger partial charge >= 0.3 is 0 Å². The van der Waals surface area contributed by atoms with Gasteiger partial charge in [0, 0.05) is 6.54 Å². The van der Waals surface area contributed by atoms with Crippen LogP contribution >= 0.6 is 0 Å². The quantitative estimate of drug-likeness (QED) is 0.743. The van der Waals surface area contributed by atoms with E-state index in [9.17, 15) is 9.59 Å². The highest BCUT2D eigenvalue weighted by Gasteiger charge is 2.30. The van der Waals surface area contributed by atoms with Crippen LogP contribution in [0.3, 0.4) is 0 Å². The molecule has 4 rings (SSSR count). The Hall–Kier alpha value is -3.16. The van der Waals surface area contributed by atoms with E-state index in [-0.39, 0.29) is 24.2 Å². The van der Waals surface area contributed by atoms with Gasteiger partial charge in [0.25, 0.3) is 5.91 Å². The van der Waals surface area contributed by atoms with Crippen LogP contribution in [0.1, 0.15) is 41.5 Å². The first kappa shape index (κ1) is 16.3. The van der Waals surface area contributed by atoms with Gasteiger partial charge in [-0.25, -0.2) is 4.98 Å². The molecule has 1 atom stereocenters. The average molecular weight is 352 g/mol. The van der Waals surface area contributed by atoms with E-state index < -0.39 is 5.91 Å². The molecule has 1 aliphatic rings. The summed E-state index contributed by atoms with van der Waals surface area (Å²) in [7, 11) is 0. The first-order chi connectivity index (χ1) is 12.6. The number of rotatable bonds is 4. The van der Waals surface area contributed by atoms with Crippen LogP contribution in [0.4, 0.5) is 0 Å². The van der Waals surface area contributed by atoms with Gasteiger partial charge in [-0.2, -0.15) is 5.10 Å². The SMILES string of the molecule is NC(=O)c1cc([C@H]2CCCCN2C(=O)Cn2cnc3ccccc32)[nH]n1. The Morgan fingerprint density at radius 3 is 2.92 bits per heavy atom. The van der Waals surface area contributed by atoms with Crippen molar-refractivity contribution in [3.8, 4) is 0 Å². The number of nitrogens with zero attached hydrogens (tertiary/aromatic N) is 4. The van der Waals surface area contributed by atoms with Crippen LogP contribution in [0, 0.1) is 0 Å². The normalized spacial score (nSPS) is 17.5. The Morgan fingerprint density at radius 2 is 2.12 bits per heavy atom. The molecule has 0 aliphatic carbocycles. The second-order valence-corrected chi connectivity index (χ2v) is 6.53. The third kappa shape index (κ3) is 2.94. The number of nitrogens with one attached hydrogen (secondary N) is 1. The second kappa shape index (κ2) is 6.62. The lowest BCUT2D eigenvalue weighted by Gasteiger charge is -2.35. The minimum absolute atomic E-state index is 0.0214. The van der Waals surface area contributed by atoms with Crippen molar-refractivity contribution in [2.75, 3.05) is 6.54 Å². The molecule has 134 valence electrons. The van der Waals surface area contributed by atoms with Crippen LogP contribution < -0.4 is 5.73 Å². The number of primary amides is 1. The summed E-state index contributed by atoms with van der Waals surface area (Å²) in [4.78, 5) is 30.5. The molecule has 26 heavy (non-hydrogen) atoms. The molecule has 1 saturated heterocycles. The lowest BCUT2D eigenvalue weighted by Crippen LogP contribution is -2.40. The highest BCUT2D eigenvalue weighted by atomic mass is 16.2. The van der Waals surface area contributed by atoms with E-state index in [0.717, 1.165) is 36.0 Å². The molecule has 0 saturated carbocycles. The molecule has 2 amide bonds. The summed E-state index contributed by atoms with van der Waals surface area (Å²) >= 11 is 0. The molecule has 1 aliphatic heterocycles. The Balaban J connectivity index is 1.57. The Kier molecular flexibility index (Phi) is 4.16. The molecule has 1 aromatic carbocycles. The number of carbonyl (C=O) groups is 2. The van der Waals surface area contributed by atoms with Gasteiger partial charge in [0.2, 0.25) is 5.91 Å². The second-order valence-electron chi connectivity index (χ2n) is 6.53. The third-order valence-electron chi connectivity index (χ3n) is 4.87. The van der Waals surface area contributed by atoms with Crippen molar-refractivity contribution in [3.05, 3.63) is 48.0 Å². The number of hydrogen-bond acceptors (Lipinski definition) is 4. The number of hydrogen-bond donors (Lipinski definition) is 2. The van der Waals surface area contributed by atoms with Gasteiger partial charge in [-0.05, 0) is 37.5 Å². The zero-order chi connectivity index (χ0) is 18.1. The summed E-state index contributed by atoms with van der Waals surface area (Å²) < 4.78 is 1.87. The molecule has 2 aromatic heterocycles. The van der Waals surface area contributed by atoms with Crippen molar-refractivity contribution in [1.82, 2.24) is 24.6 Å². The standard InChI is InChI=1S/C18H20N6O2/c19-18(26)14-9-13(21-22-14)16-7-3-4-8-24(16)17(25)10-23-11-20-12-5-1-2-6-15(12)23/h1-2,5-6,9,11,16H,3-4,7-8,10H2,(H2,19,26)(H,21,22)/t16-/m1/s1. The van der Waals surface area contributed by atoms with Gasteiger partial charge in [0.05, 0.1) is 29.1 Å². The van der Waals surface area contributed by atoms with Crippen molar-refractivity contribution < 1.29 is 9.59 Å². The highest BCUT2D eigenvalue weighted by molar-refractivity contribution is 5.90. The van der Waals surface area contributed by atoms with Gasteiger partial charge < -0.3 is 15.2 Å². The summed E-state index contributed by atoms with van der Waals surface area (Å²) in [5.41, 5.74) is 8.03. The van der Waals surface area contributed by atoms with Gasteiger partial charge in [-0.1, -0.05) is 12.1 Å². The predicted molar refractivity (Wildman–Crippen MR) is 95.1 cm³/mol. The van der Waals surface area contributed by atoms with E-state index in [1.807, 2.05) is 33.7 Å². The van der Waals surface area contributed by atoms with Crippen molar-refractivity contribution in [2.45, 2.75) is 31.8 Å². The fourth-order valence-electron chi connectivity index (χ4n) is 3.56. The summed E-state index contributed by atoms with van der Waals surface area (Å²) in [5.74, 6) is -0.556. The molecule has 0 spiro atoms. The Labute approximate surface area is 150 Å². The van der Waals surface area contributed by atoms with E-state index in [2.05, 4.69) is 15.2 Å². The number of para-hydroxylation sites is 2. The number of aromatic nitrogens is 4. The van der Waals surface area contributed by atoms with Crippen molar-refractivity contribution in [3.63, 3.8) is 0 Å². The van der Waals surface area contributed by atoms with Crippen molar-refractivity contribution in [1.29, 1.82) is 0 Å². The van der Waals surface area contributed by atoms with Crippen LogP contribution in [-0.4, -0.2) is 43.0 Å². The molecule has 0 bridgehead atoms. The van der Waals surface area contributed by atoms with Crippen LogP contribution in [-0.2, 0) is 11.3 Å². The molecule has 3 aromatic rings. The monoisotopic (exact) mass is 352 g/mol. The predicted octanol–water partition coefficient (Wildman–Crippen LogP) is 1.61. The topological polar surface area (TPSA) is 110 Å². The molecule has 8 nitrogen and oxygen atoms in total. The molecule has 1 fully saturated rings. The van der Waals surface area contributed by atoms with E-state index >= 15 is 0 Å². The van der Waals surface area contributed by atoms with Crippen LogP contribution in [0.2, 0.25) is 0 Å². The van der Waals surface area contributed by atoms with E-state index in [1.54, 1.807) is 12.4 Å². The van der Waals surface area contributed by atoms with E-state index in [4.69, 9.17) is 5.73 Å². The fourth-order valence-corrected chi connectivity index (χ4v) is 3.56. The summed E-state index contributed by atoms with van der Waals surface area (Å²) in [6.07, 6.45) is 4.51. The maximum atomic E-state index is 13.0. The van der Waals surface area contributed by atoms with E-state index in [0.29, 0.717) is 6.54 Å². The Bertz CT molecular complexity index is 959. The number of fused-ring (bicyclic) bond motifs is 1. The number of piperidine rings is 1. The molecular formula is C18H20N6O2. The minimum Gasteiger partial charge on any atom is -0.364 e. The van der Waals surface area contributed by atoms with E-state index in [1.165, 1.54) is 0 Å². The molecule has 0 unspecified atom stereocenters. The molecule has 3 N–H and O–H groups in total. The average Bonchev–Trinajstić information content (AvgIpc) is 3.30.